The van der Waals surface area contributed by atoms with Gasteiger partial charge in [-0.25, -0.2) is 0 Å². The van der Waals surface area contributed by atoms with Crippen LogP contribution >= 0.6 is 0 Å². The maximum absolute atomic E-state index is 10.8. The van der Waals surface area contributed by atoms with E-state index >= 15 is 0 Å². The monoisotopic (exact) mass is 345 g/mol. The number of nitriles is 1. The number of nitrogens with one attached hydrogen (secondary N) is 2. The lowest BCUT2D eigenvalue weighted by atomic mass is 9.75. The van der Waals surface area contributed by atoms with Crippen LogP contribution in [0, 0.1) is 18.3 Å². The van der Waals surface area contributed by atoms with Gasteiger partial charge in [-0.05, 0) is 49.4 Å². The number of fused-ring (bicyclic) bond motifs is 2. The fourth-order valence-electron chi connectivity index (χ4n) is 4.29. The van der Waals surface area contributed by atoms with Gasteiger partial charge in [-0.1, -0.05) is 25.1 Å². The Bertz CT molecular complexity index is 1060. The molecule has 26 heavy (non-hydrogen) atoms. The highest BCUT2D eigenvalue weighted by molar-refractivity contribution is 5.96. The van der Waals surface area contributed by atoms with Crippen molar-refractivity contribution in [1.29, 1.82) is 5.26 Å². The van der Waals surface area contributed by atoms with E-state index in [1.165, 1.54) is 0 Å². The second-order valence-electron chi connectivity index (χ2n) is 7.84. The molecule has 0 saturated carbocycles. The number of hydrogen-bond acceptors (Lipinski definition) is 3. The summed E-state index contributed by atoms with van der Waals surface area (Å²) in [6, 6.07) is 12.7. The molecule has 0 amide bonds. The predicted octanol–water partition coefficient (Wildman–Crippen LogP) is 4.68. The maximum Gasteiger partial charge on any atom is 0.100 e. The Morgan fingerprint density at radius 2 is 1.96 bits per heavy atom. The van der Waals surface area contributed by atoms with E-state index in [0.29, 0.717) is 5.56 Å². The summed E-state index contributed by atoms with van der Waals surface area (Å²) in [5.74, 6) is -0.127. The van der Waals surface area contributed by atoms with Crippen molar-refractivity contribution in [2.75, 3.05) is 5.32 Å². The van der Waals surface area contributed by atoms with Gasteiger partial charge in [-0.2, -0.15) is 5.26 Å². The Balaban J connectivity index is 2.05. The van der Waals surface area contributed by atoms with Crippen molar-refractivity contribution in [1.82, 2.24) is 4.98 Å². The zero-order valence-electron chi connectivity index (χ0n) is 15.5. The van der Waals surface area contributed by atoms with Gasteiger partial charge < -0.3 is 15.4 Å². The number of hydrogen-bond donors (Lipinski definition) is 3. The van der Waals surface area contributed by atoms with Crippen LogP contribution in [0.25, 0.3) is 22.0 Å². The average Bonchev–Trinajstić information content (AvgIpc) is 3.09. The molecule has 0 spiro atoms. The summed E-state index contributed by atoms with van der Waals surface area (Å²) in [6.45, 7) is 8.06. The molecule has 1 aliphatic rings. The van der Waals surface area contributed by atoms with Gasteiger partial charge >= 0.3 is 0 Å². The molecule has 1 aliphatic heterocycles. The summed E-state index contributed by atoms with van der Waals surface area (Å²) in [7, 11) is 0. The van der Waals surface area contributed by atoms with Crippen LogP contribution in [0.4, 0.5) is 5.69 Å². The van der Waals surface area contributed by atoms with Crippen LogP contribution < -0.4 is 5.32 Å². The largest absolute Gasteiger partial charge is 0.390 e. The molecule has 2 heterocycles. The highest BCUT2D eigenvalue weighted by Gasteiger charge is 2.41. The molecule has 0 unspecified atom stereocenters. The summed E-state index contributed by atoms with van der Waals surface area (Å²) in [6.07, 6.45) is 1.35. The number of anilines is 1. The van der Waals surface area contributed by atoms with E-state index in [1.54, 1.807) is 0 Å². The molecule has 2 atom stereocenters. The topological polar surface area (TPSA) is 71.8 Å². The van der Waals surface area contributed by atoms with Crippen LogP contribution in [-0.4, -0.2) is 21.7 Å². The fourth-order valence-corrected chi connectivity index (χ4v) is 4.29. The van der Waals surface area contributed by atoms with E-state index in [0.717, 1.165) is 38.8 Å². The molecule has 4 nitrogen and oxygen atoms in total. The first-order valence-corrected chi connectivity index (χ1v) is 8.95. The van der Waals surface area contributed by atoms with Crippen molar-refractivity contribution in [3.63, 3.8) is 0 Å². The lowest BCUT2D eigenvalue weighted by molar-refractivity contribution is 0.0868. The van der Waals surface area contributed by atoms with Crippen LogP contribution in [0.1, 0.15) is 43.4 Å². The smallest absolute Gasteiger partial charge is 0.100 e. The van der Waals surface area contributed by atoms with E-state index in [2.05, 4.69) is 35.4 Å². The third kappa shape index (κ3) is 2.24. The molecular formula is C22H23N3O. The average molecular weight is 345 g/mol. The number of para-hydroxylation sites is 1. The Hall–Kier alpha value is -2.77. The summed E-state index contributed by atoms with van der Waals surface area (Å²) in [4.78, 5) is 3.30. The lowest BCUT2D eigenvalue weighted by Gasteiger charge is -2.43. The second-order valence-corrected chi connectivity index (χ2v) is 7.84. The maximum atomic E-state index is 10.8. The number of H-pyrrole nitrogens is 1. The molecule has 132 valence electrons. The van der Waals surface area contributed by atoms with Crippen LogP contribution in [0.3, 0.4) is 0 Å². The molecule has 4 heteroatoms. The summed E-state index contributed by atoms with van der Waals surface area (Å²) in [5.41, 5.74) is 6.14. The summed E-state index contributed by atoms with van der Waals surface area (Å²) < 4.78 is 0. The number of benzene rings is 2. The van der Waals surface area contributed by atoms with Crippen LogP contribution in [-0.2, 0) is 0 Å². The number of aryl methyl sites for hydroxylation is 1. The lowest BCUT2D eigenvalue weighted by Crippen LogP contribution is -2.50. The molecular weight excluding hydrogens is 322 g/mol. The number of rotatable bonds is 1. The second kappa shape index (κ2) is 5.62. The first kappa shape index (κ1) is 16.7. The molecule has 3 aromatic rings. The van der Waals surface area contributed by atoms with E-state index in [9.17, 15) is 10.4 Å². The first-order chi connectivity index (χ1) is 12.3. The minimum atomic E-state index is -0.571. The highest BCUT2D eigenvalue weighted by Crippen LogP contribution is 2.46. The quantitative estimate of drug-likeness (QED) is 0.599. The number of nitrogens with zero attached hydrogens (tertiary/aromatic N) is 1. The first-order valence-electron chi connectivity index (χ1n) is 8.95. The third-order valence-corrected chi connectivity index (χ3v) is 5.67. The van der Waals surface area contributed by atoms with E-state index < -0.39 is 11.6 Å². The van der Waals surface area contributed by atoms with Crippen molar-refractivity contribution < 1.29 is 5.11 Å². The van der Waals surface area contributed by atoms with Gasteiger partial charge in [-0.15, -0.1) is 0 Å². The zero-order valence-corrected chi connectivity index (χ0v) is 15.5. The molecule has 1 aromatic heterocycles. The predicted molar refractivity (Wildman–Crippen MR) is 105 cm³/mol. The van der Waals surface area contributed by atoms with E-state index in [1.807, 2.05) is 45.2 Å². The number of aromatic nitrogens is 1. The highest BCUT2D eigenvalue weighted by atomic mass is 16.3. The van der Waals surface area contributed by atoms with Crippen LogP contribution in [0.15, 0.2) is 36.5 Å². The van der Waals surface area contributed by atoms with Gasteiger partial charge in [0.15, 0.2) is 0 Å². The Kier molecular flexibility index (Phi) is 3.61. The van der Waals surface area contributed by atoms with Gasteiger partial charge in [0.25, 0.3) is 0 Å². The van der Waals surface area contributed by atoms with Crippen molar-refractivity contribution in [3.8, 4) is 17.2 Å². The standard InChI is InChI=1S/C22H23N3O/c1-12-10-16(15-7-5-6-14-8-9-24-20(14)15)17(11-23)18-13(2)21(26)22(3,4)25-19(12)18/h5-10,13,21,24-26H,1-4H3/t13-,21+/m1/s1. The number of aliphatic hydroxyl groups is 1. The third-order valence-electron chi connectivity index (χ3n) is 5.67. The summed E-state index contributed by atoms with van der Waals surface area (Å²) >= 11 is 0. The summed E-state index contributed by atoms with van der Waals surface area (Å²) in [5, 5.41) is 25.4. The van der Waals surface area contributed by atoms with Crippen molar-refractivity contribution in [3.05, 3.63) is 53.2 Å². The van der Waals surface area contributed by atoms with Gasteiger partial charge in [-0.3, -0.25) is 0 Å². The van der Waals surface area contributed by atoms with Gasteiger partial charge in [0, 0.05) is 28.9 Å². The van der Waals surface area contributed by atoms with Crippen molar-refractivity contribution in [2.24, 2.45) is 0 Å². The number of aromatic amines is 1. The molecule has 0 fully saturated rings. The molecule has 0 saturated heterocycles. The minimum absolute atomic E-state index is 0.127. The van der Waals surface area contributed by atoms with Gasteiger partial charge in [0.2, 0.25) is 0 Å². The van der Waals surface area contributed by atoms with Crippen molar-refractivity contribution in [2.45, 2.75) is 45.3 Å². The molecule has 2 aromatic carbocycles. The van der Waals surface area contributed by atoms with Crippen LogP contribution in [0.2, 0.25) is 0 Å². The van der Waals surface area contributed by atoms with Gasteiger partial charge in [0.1, 0.15) is 6.07 Å². The minimum Gasteiger partial charge on any atom is -0.390 e. The Morgan fingerprint density at radius 1 is 1.19 bits per heavy atom. The molecule has 3 N–H and O–H groups in total. The van der Waals surface area contributed by atoms with Gasteiger partial charge in [0.05, 0.1) is 22.7 Å². The van der Waals surface area contributed by atoms with E-state index in [-0.39, 0.29) is 5.92 Å². The van der Waals surface area contributed by atoms with Crippen LogP contribution in [0.5, 0.6) is 0 Å². The normalized spacial score (nSPS) is 21.1. The fraction of sp³-hybridized carbons (Fsp3) is 0.318. The van der Waals surface area contributed by atoms with E-state index in [4.69, 9.17) is 0 Å². The molecule has 0 radical (unpaired) electrons. The molecule has 0 aliphatic carbocycles. The number of aliphatic hydroxyl groups excluding tert-OH is 1. The molecule has 0 bridgehead atoms. The van der Waals surface area contributed by atoms with Crippen molar-refractivity contribution >= 4 is 16.6 Å². The Morgan fingerprint density at radius 3 is 2.69 bits per heavy atom. The SMILES string of the molecule is Cc1cc(-c2cccc3cc[nH]c23)c(C#N)c2c1NC(C)(C)[C@@H](O)[C@@H]2C. The Labute approximate surface area is 153 Å². The zero-order chi connectivity index (χ0) is 18.6. The molecule has 4 rings (SSSR count).